The van der Waals surface area contributed by atoms with Crippen LogP contribution >= 0.6 is 11.6 Å². The van der Waals surface area contributed by atoms with Crippen LogP contribution < -0.4 is 16.4 Å². The van der Waals surface area contributed by atoms with Crippen molar-refractivity contribution >= 4 is 29.1 Å². The van der Waals surface area contributed by atoms with Gasteiger partial charge in [-0.3, -0.25) is 9.59 Å². The van der Waals surface area contributed by atoms with E-state index in [0.717, 1.165) is 0 Å². The summed E-state index contributed by atoms with van der Waals surface area (Å²) < 4.78 is 0. The van der Waals surface area contributed by atoms with Crippen LogP contribution in [0.25, 0.3) is 0 Å². The van der Waals surface area contributed by atoms with Crippen molar-refractivity contribution < 1.29 is 9.59 Å². The third-order valence-corrected chi connectivity index (χ3v) is 3.24. The van der Waals surface area contributed by atoms with Gasteiger partial charge in [0.1, 0.15) is 0 Å². The van der Waals surface area contributed by atoms with Crippen LogP contribution in [0.4, 0.5) is 5.69 Å². The first-order valence-corrected chi connectivity index (χ1v) is 6.32. The van der Waals surface area contributed by atoms with Gasteiger partial charge in [-0.2, -0.15) is 0 Å². The fourth-order valence-electron chi connectivity index (χ4n) is 1.41. The zero-order valence-electron chi connectivity index (χ0n) is 11.2. The molecule has 2 unspecified atom stereocenters. The molecule has 0 bridgehead atoms. The largest absolute Gasteiger partial charge is 0.355 e. The molecule has 2 atom stereocenters. The van der Waals surface area contributed by atoms with Crippen molar-refractivity contribution in [2.45, 2.75) is 19.9 Å². The van der Waals surface area contributed by atoms with E-state index in [1.54, 1.807) is 26.0 Å². The van der Waals surface area contributed by atoms with E-state index in [2.05, 4.69) is 10.6 Å². The highest BCUT2D eigenvalue weighted by atomic mass is 35.5. The maximum atomic E-state index is 11.9. The molecule has 6 heteroatoms. The van der Waals surface area contributed by atoms with Gasteiger partial charge < -0.3 is 16.4 Å². The van der Waals surface area contributed by atoms with E-state index in [1.165, 1.54) is 13.1 Å². The Balaban J connectivity index is 2.91. The summed E-state index contributed by atoms with van der Waals surface area (Å²) >= 11 is 5.93. The number of hydrogen-bond donors (Lipinski definition) is 3. The lowest BCUT2D eigenvalue weighted by Gasteiger charge is -2.16. The van der Waals surface area contributed by atoms with Crippen molar-refractivity contribution in [3.63, 3.8) is 0 Å². The Kier molecular flexibility index (Phi) is 5.32. The van der Waals surface area contributed by atoms with Gasteiger partial charge in [0.15, 0.2) is 0 Å². The third-order valence-electron chi connectivity index (χ3n) is 2.91. The number of carbonyl (C=O) groups is 2. The first kappa shape index (κ1) is 15.5. The summed E-state index contributed by atoms with van der Waals surface area (Å²) in [5.74, 6) is -0.819. The summed E-state index contributed by atoms with van der Waals surface area (Å²) in [4.78, 5) is 23.5. The summed E-state index contributed by atoms with van der Waals surface area (Å²) in [5.41, 5.74) is 6.50. The monoisotopic (exact) mass is 283 g/mol. The molecule has 0 saturated carbocycles. The van der Waals surface area contributed by atoms with Gasteiger partial charge in [0.05, 0.1) is 16.5 Å². The van der Waals surface area contributed by atoms with Crippen molar-refractivity contribution in [1.29, 1.82) is 0 Å². The average Bonchev–Trinajstić information content (AvgIpc) is 2.38. The van der Waals surface area contributed by atoms with E-state index in [1.807, 2.05) is 0 Å². The zero-order valence-corrected chi connectivity index (χ0v) is 11.9. The van der Waals surface area contributed by atoms with E-state index in [0.29, 0.717) is 16.3 Å². The minimum Gasteiger partial charge on any atom is -0.355 e. The van der Waals surface area contributed by atoms with Gasteiger partial charge in [0.25, 0.3) is 5.91 Å². The summed E-state index contributed by atoms with van der Waals surface area (Å²) in [5, 5.41) is 5.53. The Labute approximate surface area is 117 Å². The van der Waals surface area contributed by atoms with Crippen LogP contribution in [0.5, 0.6) is 0 Å². The molecule has 5 nitrogen and oxygen atoms in total. The predicted octanol–water partition coefficient (Wildman–Crippen LogP) is 1.62. The number of rotatable bonds is 4. The van der Waals surface area contributed by atoms with Crippen LogP contribution in [-0.4, -0.2) is 24.9 Å². The van der Waals surface area contributed by atoms with Crippen molar-refractivity contribution in [3.05, 3.63) is 28.8 Å². The van der Waals surface area contributed by atoms with Gasteiger partial charge in [0.2, 0.25) is 5.91 Å². The van der Waals surface area contributed by atoms with Crippen LogP contribution in [0.2, 0.25) is 5.02 Å². The lowest BCUT2D eigenvalue weighted by molar-refractivity contribution is -0.119. The normalized spacial score (nSPS) is 13.5. The van der Waals surface area contributed by atoms with E-state index in [-0.39, 0.29) is 23.8 Å². The lowest BCUT2D eigenvalue weighted by atomic mass is 10.0. The first-order chi connectivity index (χ1) is 8.86. The number of halogens is 1. The van der Waals surface area contributed by atoms with E-state index in [9.17, 15) is 9.59 Å². The van der Waals surface area contributed by atoms with Gasteiger partial charge in [-0.25, -0.2) is 0 Å². The maximum absolute atomic E-state index is 11.9. The van der Waals surface area contributed by atoms with Crippen molar-refractivity contribution in [1.82, 2.24) is 5.32 Å². The number of hydrogen-bond acceptors (Lipinski definition) is 3. The molecule has 0 radical (unpaired) electrons. The molecule has 1 aromatic rings. The van der Waals surface area contributed by atoms with Crippen LogP contribution in [-0.2, 0) is 4.79 Å². The van der Waals surface area contributed by atoms with Crippen molar-refractivity contribution in [3.8, 4) is 0 Å². The molecule has 0 aliphatic carbocycles. The Morgan fingerprint density at radius 1 is 1.32 bits per heavy atom. The van der Waals surface area contributed by atoms with Crippen molar-refractivity contribution in [2.75, 3.05) is 12.4 Å². The van der Waals surface area contributed by atoms with Crippen LogP contribution in [0.15, 0.2) is 18.2 Å². The fourth-order valence-corrected chi connectivity index (χ4v) is 1.61. The first-order valence-electron chi connectivity index (χ1n) is 5.95. The van der Waals surface area contributed by atoms with Gasteiger partial charge in [0, 0.05) is 18.8 Å². The molecular weight excluding hydrogens is 266 g/mol. The molecule has 1 rings (SSSR count). The van der Waals surface area contributed by atoms with E-state index in [4.69, 9.17) is 17.3 Å². The molecule has 104 valence electrons. The summed E-state index contributed by atoms with van der Waals surface area (Å²) in [6.45, 7) is 3.51. The maximum Gasteiger partial charge on any atom is 0.252 e. The highest BCUT2D eigenvalue weighted by Gasteiger charge is 2.18. The van der Waals surface area contributed by atoms with Crippen LogP contribution in [0, 0.1) is 5.92 Å². The minimum absolute atomic E-state index is 0.194. The van der Waals surface area contributed by atoms with E-state index < -0.39 is 0 Å². The van der Waals surface area contributed by atoms with Gasteiger partial charge in [-0.05, 0) is 25.1 Å². The second-order valence-electron chi connectivity index (χ2n) is 4.41. The molecule has 0 heterocycles. The van der Waals surface area contributed by atoms with Gasteiger partial charge in [-0.15, -0.1) is 0 Å². The minimum atomic E-state index is -0.320. The molecular formula is C13H18ClN3O2. The predicted molar refractivity (Wildman–Crippen MR) is 76.3 cm³/mol. The summed E-state index contributed by atoms with van der Waals surface area (Å²) in [6, 6.07) is 4.50. The SMILES string of the molecule is CNC(=O)c1cc(NC(=O)C(C)C(C)N)ccc1Cl. The quantitative estimate of drug-likeness (QED) is 0.785. The number of carbonyl (C=O) groups excluding carboxylic acids is 2. The number of anilines is 1. The lowest BCUT2D eigenvalue weighted by Crippen LogP contribution is -2.34. The number of nitrogens with one attached hydrogen (secondary N) is 2. The molecule has 0 aromatic heterocycles. The fraction of sp³-hybridized carbons (Fsp3) is 0.385. The molecule has 0 saturated heterocycles. The number of amides is 2. The summed E-state index contributed by atoms with van der Waals surface area (Å²) in [6.07, 6.45) is 0. The van der Waals surface area contributed by atoms with Gasteiger partial charge >= 0.3 is 0 Å². The molecule has 0 spiro atoms. The molecule has 0 aliphatic rings. The molecule has 4 N–H and O–H groups in total. The Hall–Kier alpha value is -1.59. The van der Waals surface area contributed by atoms with Crippen LogP contribution in [0.1, 0.15) is 24.2 Å². The second-order valence-corrected chi connectivity index (χ2v) is 4.82. The average molecular weight is 284 g/mol. The molecule has 19 heavy (non-hydrogen) atoms. The highest BCUT2D eigenvalue weighted by molar-refractivity contribution is 6.34. The Bertz CT molecular complexity index is 489. The molecule has 0 fully saturated rings. The number of nitrogens with two attached hydrogens (primary N) is 1. The topological polar surface area (TPSA) is 84.2 Å². The standard InChI is InChI=1S/C13H18ClN3O2/c1-7(8(2)15)12(18)17-9-4-5-11(14)10(6-9)13(19)16-3/h4-8H,15H2,1-3H3,(H,16,19)(H,17,18). The molecule has 2 amide bonds. The smallest absolute Gasteiger partial charge is 0.252 e. The highest BCUT2D eigenvalue weighted by Crippen LogP contribution is 2.21. The molecule has 0 aliphatic heterocycles. The van der Waals surface area contributed by atoms with Crippen molar-refractivity contribution in [2.24, 2.45) is 11.7 Å². The molecule has 1 aromatic carbocycles. The summed E-state index contributed by atoms with van der Waals surface area (Å²) in [7, 11) is 1.52. The zero-order chi connectivity index (χ0) is 14.6. The van der Waals surface area contributed by atoms with E-state index >= 15 is 0 Å². The van der Waals surface area contributed by atoms with Gasteiger partial charge in [-0.1, -0.05) is 18.5 Å². The third kappa shape index (κ3) is 3.94. The Morgan fingerprint density at radius 3 is 2.47 bits per heavy atom. The second kappa shape index (κ2) is 6.54. The van der Waals surface area contributed by atoms with Crippen LogP contribution in [0.3, 0.4) is 0 Å². The number of benzene rings is 1. The Morgan fingerprint density at radius 2 is 1.95 bits per heavy atom.